The molecule has 0 bridgehead atoms. The fourth-order valence-electron chi connectivity index (χ4n) is 7.02. The maximum Gasteiger partial charge on any atom is 0.0577 e. The molecule has 1 nitrogen and oxygen atoms in total. The van der Waals surface area contributed by atoms with Crippen molar-refractivity contribution in [3.05, 3.63) is 34.9 Å². The Morgan fingerprint density at radius 1 is 0.767 bits per heavy atom. The third-order valence-electron chi connectivity index (χ3n) is 8.78. The van der Waals surface area contributed by atoms with Gasteiger partial charge in [0.25, 0.3) is 0 Å². The SMILES string of the molecule is CCCCCCCc1ccc2c(c1)CCC(C1CCC3CC(OCC)CCC3C1)C2. The summed E-state index contributed by atoms with van der Waals surface area (Å²) in [5, 5.41) is 0. The van der Waals surface area contributed by atoms with E-state index >= 15 is 0 Å². The number of rotatable bonds is 9. The Balaban J connectivity index is 1.27. The zero-order chi connectivity index (χ0) is 20.8. The molecule has 3 aliphatic carbocycles. The van der Waals surface area contributed by atoms with E-state index in [0.717, 1.165) is 30.3 Å². The van der Waals surface area contributed by atoms with Crippen molar-refractivity contribution in [1.29, 1.82) is 0 Å². The van der Waals surface area contributed by atoms with Crippen molar-refractivity contribution < 1.29 is 4.74 Å². The van der Waals surface area contributed by atoms with Crippen LogP contribution in [0.15, 0.2) is 18.2 Å². The molecule has 1 aromatic rings. The molecule has 5 unspecified atom stereocenters. The molecule has 0 saturated heterocycles. The molecule has 0 aliphatic heterocycles. The lowest BCUT2D eigenvalue weighted by Gasteiger charge is -2.44. The highest BCUT2D eigenvalue weighted by molar-refractivity contribution is 5.34. The van der Waals surface area contributed by atoms with Gasteiger partial charge in [0.05, 0.1) is 6.10 Å². The van der Waals surface area contributed by atoms with Crippen LogP contribution in [0.1, 0.15) is 108 Å². The van der Waals surface area contributed by atoms with E-state index in [1.165, 1.54) is 96.3 Å². The van der Waals surface area contributed by atoms with Crippen LogP contribution in [0.5, 0.6) is 0 Å². The quantitative estimate of drug-likeness (QED) is 0.376. The lowest BCUT2D eigenvalue weighted by molar-refractivity contribution is -0.0192. The number of hydrogen-bond acceptors (Lipinski definition) is 1. The Morgan fingerprint density at radius 2 is 1.53 bits per heavy atom. The lowest BCUT2D eigenvalue weighted by Crippen LogP contribution is -2.37. The van der Waals surface area contributed by atoms with Crippen LogP contribution in [0.25, 0.3) is 0 Å². The predicted molar refractivity (Wildman–Crippen MR) is 128 cm³/mol. The first-order chi connectivity index (χ1) is 14.8. The van der Waals surface area contributed by atoms with Gasteiger partial charge in [0.2, 0.25) is 0 Å². The minimum Gasteiger partial charge on any atom is -0.378 e. The molecule has 2 saturated carbocycles. The molecule has 0 amide bonds. The summed E-state index contributed by atoms with van der Waals surface area (Å²) in [6.45, 7) is 5.35. The minimum atomic E-state index is 0.565. The van der Waals surface area contributed by atoms with Crippen LogP contribution >= 0.6 is 0 Å². The molecular formula is C29H46O. The molecular weight excluding hydrogens is 364 g/mol. The summed E-state index contributed by atoms with van der Waals surface area (Å²) in [7, 11) is 0. The molecule has 0 heterocycles. The molecule has 1 aromatic carbocycles. The van der Waals surface area contributed by atoms with Crippen LogP contribution in [0.3, 0.4) is 0 Å². The summed E-state index contributed by atoms with van der Waals surface area (Å²) in [6, 6.07) is 7.52. The highest BCUT2D eigenvalue weighted by Crippen LogP contribution is 2.47. The molecule has 2 fully saturated rings. The van der Waals surface area contributed by atoms with Gasteiger partial charge in [0.1, 0.15) is 0 Å². The van der Waals surface area contributed by atoms with Crippen molar-refractivity contribution >= 4 is 0 Å². The van der Waals surface area contributed by atoms with Gasteiger partial charge in [-0.25, -0.2) is 0 Å². The first-order valence-corrected chi connectivity index (χ1v) is 13.5. The van der Waals surface area contributed by atoms with Crippen molar-refractivity contribution in [1.82, 2.24) is 0 Å². The smallest absolute Gasteiger partial charge is 0.0577 e. The average molecular weight is 411 g/mol. The first kappa shape index (κ1) is 22.4. The molecule has 4 rings (SSSR count). The minimum absolute atomic E-state index is 0.565. The molecule has 0 aromatic heterocycles. The van der Waals surface area contributed by atoms with Crippen LogP contribution in [0, 0.1) is 23.7 Å². The van der Waals surface area contributed by atoms with E-state index in [2.05, 4.69) is 32.0 Å². The van der Waals surface area contributed by atoms with Crippen LogP contribution in [-0.2, 0) is 24.0 Å². The summed E-state index contributed by atoms with van der Waals surface area (Å²) in [6.07, 6.45) is 21.5. The fourth-order valence-corrected chi connectivity index (χ4v) is 7.02. The summed E-state index contributed by atoms with van der Waals surface area (Å²) >= 11 is 0. The third kappa shape index (κ3) is 5.70. The van der Waals surface area contributed by atoms with E-state index in [1.54, 1.807) is 16.7 Å². The van der Waals surface area contributed by atoms with Crippen molar-refractivity contribution in [2.24, 2.45) is 23.7 Å². The van der Waals surface area contributed by atoms with Crippen molar-refractivity contribution in [2.45, 2.75) is 116 Å². The molecule has 5 atom stereocenters. The Bertz CT molecular complexity index is 650. The van der Waals surface area contributed by atoms with E-state index < -0.39 is 0 Å². The van der Waals surface area contributed by atoms with Gasteiger partial charge >= 0.3 is 0 Å². The number of unbranched alkanes of at least 4 members (excludes halogenated alkanes) is 4. The zero-order valence-electron chi connectivity index (χ0n) is 19.8. The van der Waals surface area contributed by atoms with Crippen LogP contribution in [0.4, 0.5) is 0 Å². The van der Waals surface area contributed by atoms with E-state index in [-0.39, 0.29) is 0 Å². The van der Waals surface area contributed by atoms with Gasteiger partial charge in [0.15, 0.2) is 0 Å². The lowest BCUT2D eigenvalue weighted by atomic mass is 9.62. The van der Waals surface area contributed by atoms with Gasteiger partial charge in [-0.2, -0.15) is 0 Å². The van der Waals surface area contributed by atoms with Gasteiger partial charge < -0.3 is 4.74 Å². The number of hydrogen-bond donors (Lipinski definition) is 0. The molecule has 0 N–H and O–H groups in total. The van der Waals surface area contributed by atoms with E-state index in [9.17, 15) is 0 Å². The van der Waals surface area contributed by atoms with Crippen LogP contribution < -0.4 is 0 Å². The largest absolute Gasteiger partial charge is 0.378 e. The normalized spacial score (nSPS) is 31.2. The van der Waals surface area contributed by atoms with Gasteiger partial charge in [0, 0.05) is 6.61 Å². The standard InChI is InChI=1S/C29H46O/c1-3-5-6-7-8-9-22-10-11-24-19-25(13-12-23(24)18-22)26-14-15-28-21-29(30-4-2)17-16-27(28)20-26/h10-11,18,25-29H,3-9,12-17,19-21H2,1-2H3. The molecule has 168 valence electrons. The second-order valence-corrected chi connectivity index (χ2v) is 10.8. The Kier molecular flexibility index (Phi) is 8.33. The number of benzene rings is 1. The Morgan fingerprint density at radius 3 is 2.37 bits per heavy atom. The molecule has 1 heteroatoms. The summed E-state index contributed by atoms with van der Waals surface area (Å²) in [5.74, 6) is 3.89. The summed E-state index contributed by atoms with van der Waals surface area (Å²) in [4.78, 5) is 0. The van der Waals surface area contributed by atoms with E-state index in [0.29, 0.717) is 6.10 Å². The zero-order valence-corrected chi connectivity index (χ0v) is 19.8. The van der Waals surface area contributed by atoms with Crippen molar-refractivity contribution in [3.8, 4) is 0 Å². The van der Waals surface area contributed by atoms with E-state index in [4.69, 9.17) is 4.74 Å². The highest BCUT2D eigenvalue weighted by Gasteiger charge is 2.38. The number of aryl methyl sites for hydroxylation is 2. The van der Waals surface area contributed by atoms with Crippen LogP contribution in [-0.4, -0.2) is 12.7 Å². The monoisotopic (exact) mass is 410 g/mol. The Labute approximate surface area is 186 Å². The molecule has 30 heavy (non-hydrogen) atoms. The van der Waals surface area contributed by atoms with E-state index in [1.807, 2.05) is 0 Å². The predicted octanol–water partition coefficient (Wildman–Crippen LogP) is 7.93. The molecule has 0 spiro atoms. The maximum absolute atomic E-state index is 5.97. The van der Waals surface area contributed by atoms with Gasteiger partial charge in [-0.05, 0) is 118 Å². The highest BCUT2D eigenvalue weighted by atomic mass is 16.5. The fraction of sp³-hybridized carbons (Fsp3) is 0.793. The Hall–Kier alpha value is -0.820. The molecule has 3 aliphatic rings. The van der Waals surface area contributed by atoms with Gasteiger partial charge in [-0.15, -0.1) is 0 Å². The third-order valence-corrected chi connectivity index (χ3v) is 8.78. The van der Waals surface area contributed by atoms with Crippen molar-refractivity contribution in [3.63, 3.8) is 0 Å². The summed E-state index contributed by atoms with van der Waals surface area (Å²) < 4.78 is 5.97. The van der Waals surface area contributed by atoms with Crippen LogP contribution in [0.2, 0.25) is 0 Å². The summed E-state index contributed by atoms with van der Waals surface area (Å²) in [5.41, 5.74) is 4.96. The van der Waals surface area contributed by atoms with Gasteiger partial charge in [-0.3, -0.25) is 0 Å². The second kappa shape index (κ2) is 11.2. The average Bonchev–Trinajstić information content (AvgIpc) is 2.78. The topological polar surface area (TPSA) is 9.23 Å². The second-order valence-electron chi connectivity index (χ2n) is 10.8. The molecule has 0 radical (unpaired) electrons. The van der Waals surface area contributed by atoms with Gasteiger partial charge in [-0.1, -0.05) is 50.8 Å². The van der Waals surface area contributed by atoms with Crippen molar-refractivity contribution in [2.75, 3.05) is 6.61 Å². The number of fused-ring (bicyclic) bond motifs is 2. The maximum atomic E-state index is 5.97. The number of ether oxygens (including phenoxy) is 1. The first-order valence-electron chi connectivity index (χ1n) is 13.5.